The van der Waals surface area contributed by atoms with Crippen molar-refractivity contribution in [2.75, 3.05) is 13.1 Å². The summed E-state index contributed by atoms with van der Waals surface area (Å²) in [6.07, 6.45) is 2.35. The topological polar surface area (TPSA) is 66.6 Å². The number of β-amino-alcohol motifs (C(OH)–C–C–N with tert-alkyl or cyclic N) is 1. The number of carbonyl (C=O) groups excluding carboxylic acids is 1. The van der Waals surface area contributed by atoms with E-state index in [-0.39, 0.29) is 11.9 Å². The summed E-state index contributed by atoms with van der Waals surface area (Å²) >= 11 is 0. The molecule has 0 spiro atoms. The predicted octanol–water partition coefficient (Wildman–Crippen LogP) is 0.0971. The van der Waals surface area contributed by atoms with Crippen LogP contribution in [0.4, 0.5) is 0 Å². The second-order valence-electron chi connectivity index (χ2n) is 4.36. The highest BCUT2D eigenvalue weighted by molar-refractivity contribution is 5.82. The van der Waals surface area contributed by atoms with Crippen molar-refractivity contribution in [1.82, 2.24) is 4.90 Å². The lowest BCUT2D eigenvalue weighted by atomic mass is 9.99. The first-order valence-electron chi connectivity index (χ1n) is 5.23. The van der Waals surface area contributed by atoms with Gasteiger partial charge < -0.3 is 15.7 Å². The molecule has 0 saturated carbocycles. The second-order valence-corrected chi connectivity index (χ2v) is 4.36. The smallest absolute Gasteiger partial charge is 0.239 e. The molecule has 1 heterocycles. The van der Waals surface area contributed by atoms with Gasteiger partial charge >= 0.3 is 0 Å². The number of nitrogens with zero attached hydrogens (tertiary/aromatic N) is 1. The minimum Gasteiger partial charge on any atom is -0.388 e. The molecule has 0 aliphatic carbocycles. The normalized spacial score (nSPS) is 27.6. The molecule has 0 radical (unpaired) electrons. The summed E-state index contributed by atoms with van der Waals surface area (Å²) in [5.74, 6) is -0.0232. The molecule has 14 heavy (non-hydrogen) atoms. The zero-order chi connectivity index (χ0) is 10.8. The summed E-state index contributed by atoms with van der Waals surface area (Å²) in [5.41, 5.74) is 4.87. The molecule has 4 heteroatoms. The van der Waals surface area contributed by atoms with Crippen molar-refractivity contribution in [1.29, 1.82) is 0 Å². The zero-order valence-electron chi connectivity index (χ0n) is 8.99. The summed E-state index contributed by atoms with van der Waals surface area (Å²) < 4.78 is 0. The first-order chi connectivity index (χ1) is 6.46. The van der Waals surface area contributed by atoms with E-state index in [9.17, 15) is 9.90 Å². The Labute approximate surface area is 85.1 Å². The molecule has 1 amide bonds. The summed E-state index contributed by atoms with van der Waals surface area (Å²) in [4.78, 5) is 13.3. The predicted molar refractivity (Wildman–Crippen MR) is 54.7 cm³/mol. The van der Waals surface area contributed by atoms with Gasteiger partial charge in [0.05, 0.1) is 11.6 Å². The molecule has 0 aromatic heterocycles. The molecule has 4 nitrogen and oxygen atoms in total. The molecule has 0 aromatic carbocycles. The number of amides is 1. The molecule has 1 fully saturated rings. The van der Waals surface area contributed by atoms with Gasteiger partial charge in [-0.2, -0.15) is 0 Å². The van der Waals surface area contributed by atoms with E-state index in [4.69, 9.17) is 5.73 Å². The largest absolute Gasteiger partial charge is 0.388 e. The Bertz CT molecular complexity index is 216. The summed E-state index contributed by atoms with van der Waals surface area (Å²) in [6, 6.07) is -0.364. The first-order valence-corrected chi connectivity index (χ1v) is 5.23. The Morgan fingerprint density at radius 1 is 1.71 bits per heavy atom. The van der Waals surface area contributed by atoms with Crippen LogP contribution in [0.3, 0.4) is 0 Å². The van der Waals surface area contributed by atoms with Gasteiger partial charge in [-0.05, 0) is 26.2 Å². The van der Waals surface area contributed by atoms with Crippen LogP contribution in [0.1, 0.15) is 33.1 Å². The third-order valence-electron chi connectivity index (χ3n) is 2.87. The molecule has 0 bridgehead atoms. The third kappa shape index (κ3) is 2.69. The van der Waals surface area contributed by atoms with Crippen LogP contribution in [0.25, 0.3) is 0 Å². The van der Waals surface area contributed by atoms with Gasteiger partial charge in [0.25, 0.3) is 0 Å². The Morgan fingerprint density at radius 3 is 2.93 bits per heavy atom. The number of piperidine rings is 1. The maximum absolute atomic E-state index is 11.6. The minimum atomic E-state index is -0.785. The highest BCUT2D eigenvalue weighted by atomic mass is 16.3. The van der Waals surface area contributed by atoms with E-state index in [1.165, 1.54) is 0 Å². The van der Waals surface area contributed by atoms with Crippen molar-refractivity contribution >= 4 is 5.91 Å². The highest BCUT2D eigenvalue weighted by Crippen LogP contribution is 2.16. The average Bonchev–Trinajstić information content (AvgIpc) is 2.13. The van der Waals surface area contributed by atoms with E-state index in [0.717, 1.165) is 19.4 Å². The van der Waals surface area contributed by atoms with E-state index in [1.807, 2.05) is 6.92 Å². The van der Waals surface area contributed by atoms with E-state index >= 15 is 0 Å². The molecule has 1 aliphatic heterocycles. The number of aliphatic hydroxyl groups is 1. The Balaban J connectivity index is 2.55. The van der Waals surface area contributed by atoms with Gasteiger partial charge in [0, 0.05) is 13.1 Å². The van der Waals surface area contributed by atoms with E-state index in [1.54, 1.807) is 11.8 Å². The van der Waals surface area contributed by atoms with Crippen LogP contribution in [0.5, 0.6) is 0 Å². The van der Waals surface area contributed by atoms with E-state index in [2.05, 4.69) is 0 Å². The maximum atomic E-state index is 11.6. The molecular weight excluding hydrogens is 180 g/mol. The molecule has 1 rings (SSSR count). The summed E-state index contributed by atoms with van der Waals surface area (Å²) in [7, 11) is 0. The van der Waals surface area contributed by atoms with Crippen LogP contribution in [0.2, 0.25) is 0 Å². The lowest BCUT2D eigenvalue weighted by molar-refractivity contribution is -0.138. The molecule has 1 aliphatic rings. The fourth-order valence-corrected chi connectivity index (χ4v) is 1.65. The zero-order valence-corrected chi connectivity index (χ0v) is 8.99. The quantitative estimate of drug-likeness (QED) is 0.679. The fraction of sp³-hybridized carbons (Fsp3) is 0.900. The molecule has 1 saturated heterocycles. The monoisotopic (exact) mass is 200 g/mol. The van der Waals surface area contributed by atoms with Gasteiger partial charge in [-0.15, -0.1) is 0 Å². The number of hydrogen-bond donors (Lipinski definition) is 2. The van der Waals surface area contributed by atoms with Gasteiger partial charge in [-0.25, -0.2) is 0 Å². The van der Waals surface area contributed by atoms with Crippen LogP contribution in [0, 0.1) is 0 Å². The van der Waals surface area contributed by atoms with Crippen LogP contribution in [0.15, 0.2) is 0 Å². The Morgan fingerprint density at radius 2 is 2.36 bits per heavy atom. The van der Waals surface area contributed by atoms with Crippen LogP contribution in [-0.4, -0.2) is 40.6 Å². The van der Waals surface area contributed by atoms with Crippen molar-refractivity contribution in [3.8, 4) is 0 Å². The second kappa shape index (κ2) is 4.28. The van der Waals surface area contributed by atoms with Crippen LogP contribution in [-0.2, 0) is 4.79 Å². The number of nitrogens with two attached hydrogens (primary N) is 1. The maximum Gasteiger partial charge on any atom is 0.239 e. The summed E-state index contributed by atoms with van der Waals surface area (Å²) in [6.45, 7) is 4.79. The lowest BCUT2D eigenvalue weighted by Gasteiger charge is -2.35. The van der Waals surface area contributed by atoms with Crippen molar-refractivity contribution in [3.63, 3.8) is 0 Å². The highest BCUT2D eigenvalue weighted by Gasteiger charge is 2.30. The average molecular weight is 200 g/mol. The lowest BCUT2D eigenvalue weighted by Crippen LogP contribution is -2.53. The number of hydrogen-bond acceptors (Lipinski definition) is 3. The molecule has 2 atom stereocenters. The van der Waals surface area contributed by atoms with Crippen LogP contribution >= 0.6 is 0 Å². The molecule has 3 N–H and O–H groups in total. The van der Waals surface area contributed by atoms with Crippen molar-refractivity contribution < 1.29 is 9.90 Å². The molecule has 82 valence electrons. The Hall–Kier alpha value is -0.610. The van der Waals surface area contributed by atoms with Crippen molar-refractivity contribution in [2.45, 2.75) is 44.8 Å². The standard InChI is InChI=1S/C10H20N2O2/c1-3-10(2,14)7-12-6-4-5-8(11)9(12)13/h8,14H,3-7,11H2,1-2H3. The van der Waals surface area contributed by atoms with E-state index in [0.29, 0.717) is 13.0 Å². The number of likely N-dealkylation sites (tertiary alicyclic amines) is 1. The van der Waals surface area contributed by atoms with Crippen LogP contribution < -0.4 is 5.73 Å². The van der Waals surface area contributed by atoms with E-state index < -0.39 is 5.60 Å². The minimum absolute atomic E-state index is 0.0232. The fourth-order valence-electron chi connectivity index (χ4n) is 1.65. The Kier molecular flexibility index (Phi) is 3.50. The molecule has 0 aromatic rings. The summed E-state index contributed by atoms with van der Waals surface area (Å²) in [5, 5.41) is 9.84. The third-order valence-corrected chi connectivity index (χ3v) is 2.87. The van der Waals surface area contributed by atoms with Gasteiger partial charge in [0.2, 0.25) is 5.91 Å². The molecular formula is C10H20N2O2. The molecule has 2 unspecified atom stereocenters. The van der Waals surface area contributed by atoms with Crippen molar-refractivity contribution in [2.24, 2.45) is 5.73 Å². The number of carbonyl (C=O) groups is 1. The SMILES string of the molecule is CCC(C)(O)CN1CCCC(N)C1=O. The number of rotatable bonds is 3. The van der Waals surface area contributed by atoms with Gasteiger partial charge in [0.15, 0.2) is 0 Å². The van der Waals surface area contributed by atoms with Crippen molar-refractivity contribution in [3.05, 3.63) is 0 Å². The van der Waals surface area contributed by atoms with Gasteiger partial charge in [-0.3, -0.25) is 4.79 Å². The van der Waals surface area contributed by atoms with Gasteiger partial charge in [0.1, 0.15) is 0 Å². The first kappa shape index (κ1) is 11.5. The van der Waals surface area contributed by atoms with Gasteiger partial charge in [-0.1, -0.05) is 6.92 Å².